The maximum absolute atomic E-state index is 11.0. The molecule has 88 valence electrons. The van der Waals surface area contributed by atoms with Gasteiger partial charge in [0.2, 0.25) is 0 Å². The lowest BCUT2D eigenvalue weighted by molar-refractivity contribution is 0.0696. The Bertz CT molecular complexity index is 374. The number of carboxylic acid groups (broad SMARTS) is 1. The van der Waals surface area contributed by atoms with E-state index in [1.54, 1.807) is 12.1 Å². The summed E-state index contributed by atoms with van der Waals surface area (Å²) in [4.78, 5) is 11.0. The molecule has 3 heteroatoms. The molecule has 0 saturated carbocycles. The normalized spacial score (nSPS) is 12.2. The van der Waals surface area contributed by atoms with Crippen LogP contribution in [-0.2, 0) is 0 Å². The Labute approximate surface area is 96.5 Å². The predicted octanol–water partition coefficient (Wildman–Crippen LogP) is 3.29. The zero-order valence-electron chi connectivity index (χ0n) is 10.1. The summed E-state index contributed by atoms with van der Waals surface area (Å²) in [6, 6.07) is 5.70. The molecule has 0 aromatic heterocycles. The lowest BCUT2D eigenvalue weighted by Gasteiger charge is -2.17. The maximum atomic E-state index is 11.0. The van der Waals surface area contributed by atoms with Crippen LogP contribution in [0.15, 0.2) is 18.2 Å². The smallest absolute Gasteiger partial charge is 0.336 e. The van der Waals surface area contributed by atoms with Gasteiger partial charge in [-0.05, 0) is 38.0 Å². The van der Waals surface area contributed by atoms with Crippen LogP contribution in [0, 0.1) is 6.92 Å². The molecule has 0 amide bonds. The van der Waals surface area contributed by atoms with Gasteiger partial charge in [0.05, 0.1) is 5.56 Å². The van der Waals surface area contributed by atoms with E-state index in [9.17, 15) is 4.79 Å². The largest absolute Gasteiger partial charge is 0.478 e. The number of carboxylic acids is 1. The van der Waals surface area contributed by atoms with Crippen LogP contribution in [0.4, 0.5) is 5.69 Å². The molecule has 16 heavy (non-hydrogen) atoms. The molecule has 0 bridgehead atoms. The number of benzene rings is 1. The molecular weight excluding hydrogens is 202 g/mol. The van der Waals surface area contributed by atoms with Gasteiger partial charge in [-0.1, -0.05) is 19.4 Å². The lowest BCUT2D eigenvalue weighted by Crippen LogP contribution is -2.16. The Kier molecular flexibility index (Phi) is 4.35. The molecule has 0 heterocycles. The second-order valence-corrected chi connectivity index (χ2v) is 4.12. The van der Waals surface area contributed by atoms with Gasteiger partial charge in [-0.15, -0.1) is 0 Å². The Morgan fingerprint density at radius 2 is 2.19 bits per heavy atom. The molecule has 0 fully saturated rings. The Balaban J connectivity index is 2.89. The highest BCUT2D eigenvalue weighted by Crippen LogP contribution is 2.20. The summed E-state index contributed by atoms with van der Waals surface area (Å²) in [6.07, 6.45) is 2.20. The zero-order valence-corrected chi connectivity index (χ0v) is 10.1. The van der Waals surface area contributed by atoms with Gasteiger partial charge in [0.1, 0.15) is 0 Å². The van der Waals surface area contributed by atoms with E-state index >= 15 is 0 Å². The number of anilines is 1. The molecule has 3 nitrogen and oxygen atoms in total. The second-order valence-electron chi connectivity index (χ2n) is 4.12. The van der Waals surface area contributed by atoms with Gasteiger partial charge in [-0.2, -0.15) is 0 Å². The predicted molar refractivity (Wildman–Crippen MR) is 66.1 cm³/mol. The fourth-order valence-electron chi connectivity index (χ4n) is 1.79. The number of carbonyl (C=O) groups is 1. The first-order valence-electron chi connectivity index (χ1n) is 5.65. The van der Waals surface area contributed by atoms with Crippen molar-refractivity contribution < 1.29 is 9.90 Å². The molecule has 1 unspecified atom stereocenters. The van der Waals surface area contributed by atoms with Crippen molar-refractivity contribution in [2.75, 3.05) is 5.32 Å². The standard InChI is InChI=1S/C13H19NO2/c1-4-6-9(2)14-12-8-5-7-11(10(12)3)13(15)16/h5,7-9,14H,4,6H2,1-3H3,(H,15,16). The van der Waals surface area contributed by atoms with Crippen molar-refractivity contribution in [3.05, 3.63) is 29.3 Å². The van der Waals surface area contributed by atoms with Gasteiger partial charge in [0.15, 0.2) is 0 Å². The maximum Gasteiger partial charge on any atom is 0.336 e. The fraction of sp³-hybridized carbons (Fsp3) is 0.462. The highest BCUT2D eigenvalue weighted by atomic mass is 16.4. The van der Waals surface area contributed by atoms with Crippen LogP contribution >= 0.6 is 0 Å². The third-order valence-corrected chi connectivity index (χ3v) is 2.69. The summed E-state index contributed by atoms with van der Waals surface area (Å²) in [6.45, 7) is 6.08. The van der Waals surface area contributed by atoms with Crippen molar-refractivity contribution in [2.45, 2.75) is 39.7 Å². The molecule has 0 saturated heterocycles. The molecule has 0 spiro atoms. The first-order valence-corrected chi connectivity index (χ1v) is 5.65. The number of aromatic carboxylic acids is 1. The van der Waals surface area contributed by atoms with Crippen molar-refractivity contribution >= 4 is 11.7 Å². The van der Waals surface area contributed by atoms with Gasteiger partial charge >= 0.3 is 5.97 Å². The molecule has 1 rings (SSSR count). The van der Waals surface area contributed by atoms with Crippen LogP contribution in [0.1, 0.15) is 42.6 Å². The highest BCUT2D eigenvalue weighted by Gasteiger charge is 2.10. The van der Waals surface area contributed by atoms with Gasteiger partial charge in [0.25, 0.3) is 0 Å². The summed E-state index contributed by atoms with van der Waals surface area (Å²) in [5.41, 5.74) is 2.09. The van der Waals surface area contributed by atoms with Crippen molar-refractivity contribution in [2.24, 2.45) is 0 Å². The van der Waals surface area contributed by atoms with Gasteiger partial charge < -0.3 is 10.4 Å². The van der Waals surface area contributed by atoms with E-state index in [0.29, 0.717) is 11.6 Å². The number of hydrogen-bond donors (Lipinski definition) is 2. The third kappa shape index (κ3) is 2.99. The molecule has 1 aromatic carbocycles. The van der Waals surface area contributed by atoms with Gasteiger partial charge in [0, 0.05) is 11.7 Å². The highest BCUT2D eigenvalue weighted by molar-refractivity contribution is 5.91. The van der Waals surface area contributed by atoms with Crippen LogP contribution in [-0.4, -0.2) is 17.1 Å². The average Bonchev–Trinajstić information content (AvgIpc) is 2.21. The zero-order chi connectivity index (χ0) is 12.1. The number of rotatable bonds is 5. The summed E-state index contributed by atoms with van der Waals surface area (Å²) in [7, 11) is 0. The van der Waals surface area contributed by atoms with Gasteiger partial charge in [-0.3, -0.25) is 0 Å². The van der Waals surface area contributed by atoms with Crippen LogP contribution in [0.25, 0.3) is 0 Å². The number of nitrogens with one attached hydrogen (secondary N) is 1. The second kappa shape index (κ2) is 5.54. The van der Waals surface area contributed by atoms with Gasteiger partial charge in [-0.25, -0.2) is 4.79 Å². The van der Waals surface area contributed by atoms with E-state index in [2.05, 4.69) is 19.2 Å². The molecule has 0 radical (unpaired) electrons. The van der Waals surface area contributed by atoms with Crippen molar-refractivity contribution in [3.63, 3.8) is 0 Å². The third-order valence-electron chi connectivity index (χ3n) is 2.69. The first kappa shape index (κ1) is 12.6. The minimum Gasteiger partial charge on any atom is -0.478 e. The van der Waals surface area contributed by atoms with Crippen LogP contribution in [0.2, 0.25) is 0 Å². The quantitative estimate of drug-likeness (QED) is 0.802. The Morgan fingerprint density at radius 3 is 2.75 bits per heavy atom. The first-order chi connectivity index (χ1) is 7.56. The Hall–Kier alpha value is -1.51. The summed E-state index contributed by atoms with van der Waals surface area (Å²) in [5, 5.41) is 12.3. The van der Waals surface area contributed by atoms with Crippen LogP contribution in [0.5, 0.6) is 0 Å². The van der Waals surface area contributed by atoms with Crippen LogP contribution < -0.4 is 5.32 Å². The monoisotopic (exact) mass is 221 g/mol. The van der Waals surface area contributed by atoms with E-state index in [1.807, 2.05) is 13.0 Å². The summed E-state index contributed by atoms with van der Waals surface area (Å²) in [5.74, 6) is -0.871. The molecule has 1 aromatic rings. The molecule has 0 aliphatic carbocycles. The van der Waals surface area contributed by atoms with Crippen molar-refractivity contribution in [1.82, 2.24) is 0 Å². The summed E-state index contributed by atoms with van der Waals surface area (Å²) >= 11 is 0. The summed E-state index contributed by atoms with van der Waals surface area (Å²) < 4.78 is 0. The molecular formula is C13H19NO2. The molecule has 0 aliphatic heterocycles. The SMILES string of the molecule is CCCC(C)Nc1cccc(C(=O)O)c1C. The van der Waals surface area contributed by atoms with E-state index in [1.165, 1.54) is 0 Å². The fourth-order valence-corrected chi connectivity index (χ4v) is 1.79. The Morgan fingerprint density at radius 1 is 1.50 bits per heavy atom. The molecule has 2 N–H and O–H groups in total. The minimum atomic E-state index is -0.871. The van der Waals surface area contributed by atoms with Crippen molar-refractivity contribution in [1.29, 1.82) is 0 Å². The average molecular weight is 221 g/mol. The van der Waals surface area contributed by atoms with Crippen molar-refractivity contribution in [3.8, 4) is 0 Å². The molecule has 1 atom stereocenters. The van der Waals surface area contributed by atoms with Crippen LogP contribution in [0.3, 0.4) is 0 Å². The van der Waals surface area contributed by atoms with E-state index in [-0.39, 0.29) is 0 Å². The van der Waals surface area contributed by atoms with E-state index < -0.39 is 5.97 Å². The minimum absolute atomic E-state index is 0.368. The topological polar surface area (TPSA) is 49.3 Å². The number of hydrogen-bond acceptors (Lipinski definition) is 2. The molecule has 0 aliphatic rings. The van der Waals surface area contributed by atoms with E-state index in [0.717, 1.165) is 24.1 Å². The lowest BCUT2D eigenvalue weighted by atomic mass is 10.1. The van der Waals surface area contributed by atoms with E-state index in [4.69, 9.17) is 5.11 Å².